The SMILES string of the molecule is CC(C)(C)OC(=O)Cn1cccc(C=C(F)B2OC(C)(C)C(C)(C)O2)c1=O. The van der Waals surface area contributed by atoms with Gasteiger partial charge in [-0.05, 0) is 66.7 Å². The van der Waals surface area contributed by atoms with Crippen LogP contribution in [0.25, 0.3) is 6.08 Å². The van der Waals surface area contributed by atoms with Gasteiger partial charge in [-0.25, -0.2) is 4.39 Å². The van der Waals surface area contributed by atoms with E-state index in [1.807, 2.05) is 27.7 Å². The molecule has 0 amide bonds. The minimum absolute atomic E-state index is 0.0910. The molecule has 0 N–H and O–H groups in total. The molecular formula is C19H27BFNO5. The van der Waals surface area contributed by atoms with Crippen LogP contribution in [-0.4, -0.2) is 34.5 Å². The van der Waals surface area contributed by atoms with Gasteiger partial charge in [-0.1, -0.05) is 0 Å². The number of rotatable bonds is 4. The first-order valence-corrected chi connectivity index (χ1v) is 8.86. The second-order valence-corrected chi connectivity index (χ2v) is 8.60. The van der Waals surface area contributed by atoms with Crippen LogP contribution in [0.2, 0.25) is 0 Å². The van der Waals surface area contributed by atoms with Gasteiger partial charge >= 0.3 is 13.1 Å². The summed E-state index contributed by atoms with van der Waals surface area (Å²) in [6.07, 6.45) is 2.53. The number of nitrogens with zero attached hydrogens (tertiary/aromatic N) is 1. The lowest BCUT2D eigenvalue weighted by atomic mass is 9.87. The van der Waals surface area contributed by atoms with Crippen molar-refractivity contribution in [3.05, 3.63) is 40.0 Å². The Labute approximate surface area is 159 Å². The summed E-state index contributed by atoms with van der Waals surface area (Å²) in [5.74, 6) is -0.544. The molecule has 0 spiro atoms. The molecule has 2 heterocycles. The minimum atomic E-state index is -1.19. The van der Waals surface area contributed by atoms with Gasteiger partial charge in [0.25, 0.3) is 5.56 Å². The average molecular weight is 379 g/mol. The van der Waals surface area contributed by atoms with Crippen molar-refractivity contribution in [2.24, 2.45) is 0 Å². The Kier molecular flexibility index (Phi) is 5.73. The Morgan fingerprint density at radius 1 is 1.26 bits per heavy atom. The fraction of sp³-hybridized carbons (Fsp3) is 0.579. The van der Waals surface area contributed by atoms with Crippen molar-refractivity contribution < 1.29 is 23.2 Å². The molecule has 1 aromatic rings. The van der Waals surface area contributed by atoms with Gasteiger partial charge < -0.3 is 18.6 Å². The fourth-order valence-corrected chi connectivity index (χ4v) is 2.47. The van der Waals surface area contributed by atoms with Crippen molar-refractivity contribution >= 4 is 19.2 Å². The van der Waals surface area contributed by atoms with E-state index in [1.54, 1.807) is 26.8 Å². The summed E-state index contributed by atoms with van der Waals surface area (Å²) in [5.41, 5.74) is -3.14. The first-order chi connectivity index (χ1) is 12.2. The second-order valence-electron chi connectivity index (χ2n) is 8.60. The van der Waals surface area contributed by atoms with E-state index in [4.69, 9.17) is 14.0 Å². The highest BCUT2D eigenvalue weighted by atomic mass is 19.1. The first kappa shape index (κ1) is 21.4. The van der Waals surface area contributed by atoms with Gasteiger partial charge in [0.2, 0.25) is 0 Å². The van der Waals surface area contributed by atoms with Gasteiger partial charge in [0.1, 0.15) is 17.9 Å². The number of halogens is 1. The van der Waals surface area contributed by atoms with E-state index in [1.165, 1.54) is 16.8 Å². The zero-order chi connectivity index (χ0) is 20.6. The van der Waals surface area contributed by atoms with Gasteiger partial charge in [0.15, 0.2) is 0 Å². The molecule has 6 nitrogen and oxygen atoms in total. The van der Waals surface area contributed by atoms with Crippen LogP contribution in [0, 0.1) is 0 Å². The zero-order valence-electron chi connectivity index (χ0n) is 17.0. The number of carbonyl (C=O) groups excluding carboxylic acids is 1. The molecule has 1 saturated heterocycles. The Bertz CT molecular complexity index is 791. The van der Waals surface area contributed by atoms with Crippen LogP contribution >= 0.6 is 0 Å². The summed E-state index contributed by atoms with van der Waals surface area (Å²) in [6.45, 7) is 12.2. The summed E-state index contributed by atoms with van der Waals surface area (Å²) in [5, 5.41) is 0. The van der Waals surface area contributed by atoms with Crippen LogP contribution in [0.5, 0.6) is 0 Å². The van der Waals surface area contributed by atoms with Crippen molar-refractivity contribution in [1.82, 2.24) is 4.57 Å². The number of pyridine rings is 1. The standard InChI is InChI=1S/C19H27BFNO5/c1-17(2,3)25-15(23)12-22-10-8-9-13(16(22)24)11-14(21)20-26-18(4,5)19(6,7)27-20/h8-11H,12H2,1-7H3. The molecule has 0 saturated carbocycles. The molecule has 8 heteroatoms. The van der Waals surface area contributed by atoms with Crippen molar-refractivity contribution in [1.29, 1.82) is 0 Å². The second kappa shape index (κ2) is 7.24. The van der Waals surface area contributed by atoms with Crippen molar-refractivity contribution in [2.75, 3.05) is 0 Å². The lowest BCUT2D eigenvalue weighted by molar-refractivity contribution is -0.155. The van der Waals surface area contributed by atoms with Gasteiger partial charge in [-0.2, -0.15) is 0 Å². The molecule has 0 atom stereocenters. The van der Waals surface area contributed by atoms with Gasteiger partial charge in [0, 0.05) is 11.8 Å². The predicted octanol–water partition coefficient (Wildman–Crippen LogP) is 3.13. The van der Waals surface area contributed by atoms with Crippen LogP contribution in [0.4, 0.5) is 4.39 Å². The maximum Gasteiger partial charge on any atom is 0.525 e. The molecule has 0 aliphatic carbocycles. The number of carbonyl (C=O) groups is 1. The molecule has 1 aliphatic heterocycles. The third kappa shape index (κ3) is 5.08. The number of ether oxygens (including phenoxy) is 1. The molecule has 1 aliphatic rings. The van der Waals surface area contributed by atoms with E-state index in [0.717, 1.165) is 6.08 Å². The molecule has 0 bridgehead atoms. The summed E-state index contributed by atoms with van der Waals surface area (Å²) in [7, 11) is -1.19. The maximum absolute atomic E-state index is 14.6. The molecule has 27 heavy (non-hydrogen) atoms. The van der Waals surface area contributed by atoms with Crippen LogP contribution < -0.4 is 5.56 Å². The van der Waals surface area contributed by atoms with E-state index in [2.05, 4.69) is 0 Å². The number of hydrogen-bond acceptors (Lipinski definition) is 5. The summed E-state index contributed by atoms with van der Waals surface area (Å²) < 4.78 is 32.3. The first-order valence-electron chi connectivity index (χ1n) is 8.86. The monoisotopic (exact) mass is 379 g/mol. The summed E-state index contributed by atoms with van der Waals surface area (Å²) in [6, 6.07) is 3.04. The molecular weight excluding hydrogens is 352 g/mol. The van der Waals surface area contributed by atoms with Gasteiger partial charge in [-0.3, -0.25) is 9.59 Å². The normalized spacial score (nSPS) is 19.3. The average Bonchev–Trinajstić information content (AvgIpc) is 2.70. The third-order valence-corrected chi connectivity index (χ3v) is 4.54. The third-order valence-electron chi connectivity index (χ3n) is 4.54. The minimum Gasteiger partial charge on any atom is -0.459 e. The number of aromatic nitrogens is 1. The van der Waals surface area contributed by atoms with Crippen molar-refractivity contribution in [2.45, 2.75) is 71.8 Å². The fourth-order valence-electron chi connectivity index (χ4n) is 2.47. The molecule has 0 radical (unpaired) electrons. The van der Waals surface area contributed by atoms with Crippen LogP contribution in [0.3, 0.4) is 0 Å². The van der Waals surface area contributed by atoms with Crippen molar-refractivity contribution in [3.63, 3.8) is 0 Å². The lowest BCUT2D eigenvalue weighted by Crippen LogP contribution is -2.41. The Morgan fingerprint density at radius 2 is 1.81 bits per heavy atom. The molecule has 0 unspecified atom stereocenters. The van der Waals surface area contributed by atoms with Gasteiger partial charge in [0.05, 0.1) is 11.2 Å². The number of hydrogen-bond donors (Lipinski definition) is 0. The zero-order valence-corrected chi connectivity index (χ0v) is 17.0. The molecule has 148 valence electrons. The highest BCUT2D eigenvalue weighted by Crippen LogP contribution is 2.38. The van der Waals surface area contributed by atoms with Crippen LogP contribution in [0.1, 0.15) is 54.0 Å². The quantitative estimate of drug-likeness (QED) is 0.594. The largest absolute Gasteiger partial charge is 0.525 e. The van der Waals surface area contributed by atoms with E-state index in [-0.39, 0.29) is 12.1 Å². The summed E-state index contributed by atoms with van der Waals surface area (Å²) >= 11 is 0. The predicted molar refractivity (Wildman–Crippen MR) is 102 cm³/mol. The molecule has 1 fully saturated rings. The van der Waals surface area contributed by atoms with Crippen LogP contribution in [0.15, 0.2) is 28.9 Å². The van der Waals surface area contributed by atoms with E-state index >= 15 is 0 Å². The lowest BCUT2D eigenvalue weighted by Gasteiger charge is -2.32. The van der Waals surface area contributed by atoms with Gasteiger partial charge in [-0.15, -0.1) is 0 Å². The molecule has 0 aromatic carbocycles. The van der Waals surface area contributed by atoms with E-state index in [9.17, 15) is 14.0 Å². The van der Waals surface area contributed by atoms with E-state index < -0.39 is 41.2 Å². The smallest absolute Gasteiger partial charge is 0.459 e. The molecule has 1 aromatic heterocycles. The maximum atomic E-state index is 14.6. The Balaban J connectivity index is 2.22. The highest BCUT2D eigenvalue weighted by Gasteiger charge is 2.53. The molecule has 2 rings (SSSR count). The van der Waals surface area contributed by atoms with E-state index in [0.29, 0.717) is 0 Å². The topological polar surface area (TPSA) is 66.8 Å². The Morgan fingerprint density at radius 3 is 2.33 bits per heavy atom. The highest BCUT2D eigenvalue weighted by molar-refractivity contribution is 6.54. The summed E-state index contributed by atoms with van der Waals surface area (Å²) in [4.78, 5) is 24.5. The van der Waals surface area contributed by atoms with Crippen molar-refractivity contribution in [3.8, 4) is 0 Å². The Hall–Kier alpha value is -1.93. The van der Waals surface area contributed by atoms with Crippen LogP contribution in [-0.2, 0) is 25.4 Å². The number of esters is 1.